The molecule has 6 heteroatoms. The second-order valence-corrected chi connectivity index (χ2v) is 6.04. The normalized spacial score (nSPS) is 11.3. The SMILES string of the molecule is Cc1ncccc1-n1cncc1CCNC(=O)OC(C)(C)C. The number of pyridine rings is 1. The van der Waals surface area contributed by atoms with Gasteiger partial charge in [0, 0.05) is 31.1 Å². The molecule has 0 aliphatic rings. The highest BCUT2D eigenvalue weighted by Crippen LogP contribution is 2.14. The number of rotatable bonds is 4. The van der Waals surface area contributed by atoms with Gasteiger partial charge >= 0.3 is 6.09 Å². The minimum absolute atomic E-state index is 0.406. The molecule has 0 spiro atoms. The number of aryl methyl sites for hydroxylation is 1. The van der Waals surface area contributed by atoms with E-state index in [1.807, 2.05) is 44.4 Å². The van der Waals surface area contributed by atoms with Crippen LogP contribution in [-0.2, 0) is 11.2 Å². The summed E-state index contributed by atoms with van der Waals surface area (Å²) in [5, 5.41) is 2.75. The lowest BCUT2D eigenvalue weighted by atomic mass is 10.2. The number of amides is 1. The van der Waals surface area contributed by atoms with Crippen LogP contribution < -0.4 is 5.32 Å². The predicted molar refractivity (Wildman–Crippen MR) is 84.0 cm³/mol. The van der Waals surface area contributed by atoms with Crippen LogP contribution in [0, 0.1) is 6.92 Å². The first kappa shape index (κ1) is 16.0. The molecule has 2 aromatic rings. The Kier molecular flexibility index (Phi) is 4.80. The van der Waals surface area contributed by atoms with Crippen molar-refractivity contribution < 1.29 is 9.53 Å². The van der Waals surface area contributed by atoms with E-state index in [4.69, 9.17) is 4.74 Å². The minimum atomic E-state index is -0.487. The minimum Gasteiger partial charge on any atom is -0.444 e. The van der Waals surface area contributed by atoms with E-state index in [2.05, 4.69) is 15.3 Å². The summed E-state index contributed by atoms with van der Waals surface area (Å²) in [6.45, 7) is 7.96. The van der Waals surface area contributed by atoms with Crippen molar-refractivity contribution in [2.24, 2.45) is 0 Å². The number of ether oxygens (including phenoxy) is 1. The quantitative estimate of drug-likeness (QED) is 0.942. The van der Waals surface area contributed by atoms with Gasteiger partial charge in [-0.15, -0.1) is 0 Å². The molecule has 0 saturated heterocycles. The Bertz CT molecular complexity index is 644. The maximum Gasteiger partial charge on any atom is 0.407 e. The average molecular weight is 302 g/mol. The molecule has 22 heavy (non-hydrogen) atoms. The number of hydrogen-bond acceptors (Lipinski definition) is 4. The van der Waals surface area contributed by atoms with E-state index in [1.165, 1.54) is 0 Å². The fourth-order valence-corrected chi connectivity index (χ4v) is 2.06. The Hall–Kier alpha value is -2.37. The third-order valence-electron chi connectivity index (χ3n) is 3.00. The second kappa shape index (κ2) is 6.60. The van der Waals surface area contributed by atoms with Crippen molar-refractivity contribution >= 4 is 6.09 Å². The van der Waals surface area contributed by atoms with E-state index < -0.39 is 11.7 Å². The number of imidazole rings is 1. The van der Waals surface area contributed by atoms with Crippen molar-refractivity contribution in [1.29, 1.82) is 0 Å². The lowest BCUT2D eigenvalue weighted by Crippen LogP contribution is -2.33. The average Bonchev–Trinajstić information content (AvgIpc) is 2.85. The molecular formula is C16H22N4O2. The Balaban J connectivity index is 1.97. The highest BCUT2D eigenvalue weighted by atomic mass is 16.6. The highest BCUT2D eigenvalue weighted by Gasteiger charge is 2.15. The third-order valence-corrected chi connectivity index (χ3v) is 3.00. The molecule has 0 aromatic carbocycles. The summed E-state index contributed by atoms with van der Waals surface area (Å²) < 4.78 is 7.19. The maximum absolute atomic E-state index is 11.6. The van der Waals surface area contributed by atoms with Crippen molar-refractivity contribution in [3.8, 4) is 5.69 Å². The molecule has 6 nitrogen and oxygen atoms in total. The number of carbonyl (C=O) groups excluding carboxylic acids is 1. The van der Waals surface area contributed by atoms with Gasteiger partial charge in [-0.2, -0.15) is 0 Å². The number of nitrogens with one attached hydrogen (secondary N) is 1. The van der Waals surface area contributed by atoms with E-state index in [1.54, 1.807) is 18.7 Å². The summed E-state index contributed by atoms with van der Waals surface area (Å²) >= 11 is 0. The smallest absolute Gasteiger partial charge is 0.407 e. The van der Waals surface area contributed by atoms with Crippen LogP contribution in [0.4, 0.5) is 4.79 Å². The molecule has 1 N–H and O–H groups in total. The maximum atomic E-state index is 11.6. The monoisotopic (exact) mass is 302 g/mol. The van der Waals surface area contributed by atoms with Gasteiger partial charge in [0.2, 0.25) is 0 Å². The van der Waals surface area contributed by atoms with E-state index in [9.17, 15) is 4.79 Å². The number of aromatic nitrogens is 3. The molecule has 0 unspecified atom stereocenters. The molecule has 2 aromatic heterocycles. The predicted octanol–water partition coefficient (Wildman–Crippen LogP) is 2.64. The fraction of sp³-hybridized carbons (Fsp3) is 0.438. The Morgan fingerprint density at radius 3 is 2.86 bits per heavy atom. The fourth-order valence-electron chi connectivity index (χ4n) is 2.06. The first-order valence-corrected chi connectivity index (χ1v) is 7.27. The van der Waals surface area contributed by atoms with E-state index in [0.29, 0.717) is 13.0 Å². The molecule has 2 heterocycles. The van der Waals surface area contributed by atoms with Crippen molar-refractivity contribution in [2.45, 2.75) is 39.7 Å². The van der Waals surface area contributed by atoms with E-state index in [0.717, 1.165) is 17.1 Å². The van der Waals surface area contributed by atoms with Crippen LogP contribution in [0.25, 0.3) is 5.69 Å². The van der Waals surface area contributed by atoms with Crippen LogP contribution in [-0.4, -0.2) is 32.8 Å². The van der Waals surface area contributed by atoms with Gasteiger partial charge in [0.1, 0.15) is 5.60 Å². The first-order chi connectivity index (χ1) is 10.4. The zero-order valence-corrected chi connectivity index (χ0v) is 13.5. The van der Waals surface area contributed by atoms with E-state index >= 15 is 0 Å². The molecule has 0 fully saturated rings. The number of nitrogens with zero attached hydrogens (tertiary/aromatic N) is 3. The summed E-state index contributed by atoms with van der Waals surface area (Å²) in [4.78, 5) is 20.1. The number of carbonyl (C=O) groups is 1. The van der Waals surface area contributed by atoms with Crippen LogP contribution >= 0.6 is 0 Å². The lowest BCUT2D eigenvalue weighted by molar-refractivity contribution is 0.0528. The van der Waals surface area contributed by atoms with Crippen molar-refractivity contribution in [3.05, 3.63) is 42.2 Å². The number of hydrogen-bond donors (Lipinski definition) is 1. The van der Waals surface area contributed by atoms with Gasteiger partial charge in [0.25, 0.3) is 0 Å². The molecule has 1 amide bonds. The molecule has 0 atom stereocenters. The van der Waals surface area contributed by atoms with Crippen molar-refractivity contribution in [3.63, 3.8) is 0 Å². The lowest BCUT2D eigenvalue weighted by Gasteiger charge is -2.19. The second-order valence-electron chi connectivity index (χ2n) is 6.04. The van der Waals surface area contributed by atoms with Gasteiger partial charge in [0.15, 0.2) is 0 Å². The summed E-state index contributed by atoms with van der Waals surface area (Å²) in [5.74, 6) is 0. The Morgan fingerprint density at radius 2 is 2.18 bits per heavy atom. The standard InChI is InChI=1S/C16H22N4O2/c1-12-14(6-5-8-18-12)20-11-17-10-13(20)7-9-19-15(21)22-16(2,3)4/h5-6,8,10-11H,7,9H2,1-4H3,(H,19,21). The molecule has 0 aliphatic heterocycles. The Labute approximate surface area is 130 Å². The highest BCUT2D eigenvalue weighted by molar-refractivity contribution is 5.67. The molecule has 0 saturated carbocycles. The zero-order valence-electron chi connectivity index (χ0n) is 13.5. The van der Waals surface area contributed by atoms with Gasteiger partial charge in [-0.1, -0.05) is 0 Å². The molecule has 0 radical (unpaired) electrons. The summed E-state index contributed by atoms with van der Waals surface area (Å²) in [6, 6.07) is 3.89. The van der Waals surface area contributed by atoms with Crippen molar-refractivity contribution in [2.75, 3.05) is 6.54 Å². The van der Waals surface area contributed by atoms with Crippen LogP contribution in [0.3, 0.4) is 0 Å². The molecular weight excluding hydrogens is 280 g/mol. The van der Waals surface area contributed by atoms with Crippen LogP contribution in [0.1, 0.15) is 32.2 Å². The summed E-state index contributed by atoms with van der Waals surface area (Å²) in [7, 11) is 0. The largest absolute Gasteiger partial charge is 0.444 e. The molecule has 0 bridgehead atoms. The zero-order chi connectivity index (χ0) is 16.2. The van der Waals surface area contributed by atoms with Gasteiger partial charge in [-0.05, 0) is 39.8 Å². The first-order valence-electron chi connectivity index (χ1n) is 7.27. The topological polar surface area (TPSA) is 69.0 Å². The van der Waals surface area contributed by atoms with Crippen LogP contribution in [0.5, 0.6) is 0 Å². The Morgan fingerprint density at radius 1 is 1.41 bits per heavy atom. The summed E-state index contributed by atoms with van der Waals surface area (Å²) in [5.41, 5.74) is 2.44. The summed E-state index contributed by atoms with van der Waals surface area (Å²) in [6.07, 6.45) is 5.57. The van der Waals surface area contributed by atoms with Crippen LogP contribution in [0.2, 0.25) is 0 Å². The molecule has 118 valence electrons. The van der Waals surface area contributed by atoms with Gasteiger partial charge in [-0.3, -0.25) is 4.98 Å². The molecule has 0 aliphatic carbocycles. The van der Waals surface area contributed by atoms with Gasteiger partial charge in [0.05, 0.1) is 17.7 Å². The van der Waals surface area contributed by atoms with Crippen molar-refractivity contribution in [1.82, 2.24) is 19.9 Å². The third kappa shape index (κ3) is 4.31. The van der Waals surface area contributed by atoms with Gasteiger partial charge < -0.3 is 14.6 Å². The van der Waals surface area contributed by atoms with E-state index in [-0.39, 0.29) is 0 Å². The van der Waals surface area contributed by atoms with Crippen LogP contribution in [0.15, 0.2) is 30.9 Å². The number of alkyl carbamates (subject to hydrolysis) is 1. The molecule has 2 rings (SSSR count). The van der Waals surface area contributed by atoms with Gasteiger partial charge in [-0.25, -0.2) is 9.78 Å².